The minimum Gasteiger partial charge on any atom is -0.477 e. The molecule has 4 nitrogen and oxygen atoms in total. The highest BCUT2D eigenvalue weighted by atomic mass is 16.5. The minimum atomic E-state index is -2.48. The average molecular weight is 91.0 g/mol. The Morgan fingerprint density at radius 2 is 1.83 bits per heavy atom. The van der Waals surface area contributed by atoms with E-state index in [-0.39, 0.29) is 0 Å². The molecule has 1 atom stereocenters. The van der Waals surface area contributed by atoms with E-state index in [1.54, 1.807) is 0 Å². The van der Waals surface area contributed by atoms with Crippen LogP contribution < -0.4 is 0 Å². The van der Waals surface area contributed by atoms with Crippen molar-refractivity contribution in [3.8, 4) is 0 Å². The van der Waals surface area contributed by atoms with E-state index in [1.165, 1.54) is 0 Å². The summed E-state index contributed by atoms with van der Waals surface area (Å²) in [5.41, 5.74) is 0. The molecule has 0 amide bonds. The molecule has 1 unspecified atom stereocenters. The van der Waals surface area contributed by atoms with Gasteiger partial charge in [0.25, 0.3) is 6.29 Å². The quantitative estimate of drug-likeness (QED) is 0.399. The maximum absolute atomic E-state index is 9.18. The highest BCUT2D eigenvalue weighted by molar-refractivity contribution is 5.69. The van der Waals surface area contributed by atoms with Gasteiger partial charge < -0.3 is 10.2 Å². The lowest BCUT2D eigenvalue weighted by Crippen LogP contribution is -2.15. The van der Waals surface area contributed by atoms with E-state index in [1.807, 2.05) is 0 Å². The van der Waals surface area contributed by atoms with Crippen molar-refractivity contribution < 1.29 is 20.1 Å². The summed E-state index contributed by atoms with van der Waals surface area (Å²) in [6, 6.07) is 0. The fourth-order valence-corrected chi connectivity index (χ4v) is 0. The van der Waals surface area contributed by atoms with Crippen LogP contribution in [0.5, 0.6) is 0 Å². The molecule has 0 heterocycles. The average Bonchev–Trinajstić information content (AvgIpc) is 1.36. The molecule has 35 valence electrons. The topological polar surface area (TPSA) is 77.4 Å². The fraction of sp³-hybridized carbons (Fsp3) is 0.500. The van der Waals surface area contributed by atoms with Crippen molar-refractivity contribution in [2.75, 3.05) is 0 Å². The summed E-state index contributed by atoms with van der Waals surface area (Å²) >= 11 is 0. The predicted molar refractivity (Wildman–Crippen MR) is 14.3 cm³/mol. The summed E-state index contributed by atoms with van der Waals surface area (Å²) in [5, 5.41) is 24.1. The number of carboxylic acids is 1. The SMILES string of the molecule is [O]C(O)C(=O)O. The van der Waals surface area contributed by atoms with Crippen LogP contribution in [-0.4, -0.2) is 22.5 Å². The molecule has 0 aromatic carbocycles. The summed E-state index contributed by atoms with van der Waals surface area (Å²) in [5.74, 6) is -1.74. The largest absolute Gasteiger partial charge is 0.477 e. The second kappa shape index (κ2) is 1.74. The maximum atomic E-state index is 9.18. The third-order valence-corrected chi connectivity index (χ3v) is 0.211. The van der Waals surface area contributed by atoms with Crippen molar-refractivity contribution in [2.45, 2.75) is 6.29 Å². The number of aliphatic hydroxyl groups excluding tert-OH is 1. The molecular weight excluding hydrogens is 88.0 g/mol. The Hall–Kier alpha value is -0.610. The third kappa shape index (κ3) is 1.68. The highest BCUT2D eigenvalue weighted by Gasteiger charge is 2.06. The summed E-state index contributed by atoms with van der Waals surface area (Å²) in [6.07, 6.45) is -2.48. The summed E-state index contributed by atoms with van der Waals surface area (Å²) in [7, 11) is 0. The van der Waals surface area contributed by atoms with E-state index in [0.29, 0.717) is 0 Å². The smallest absolute Gasteiger partial charge is 0.363 e. The van der Waals surface area contributed by atoms with Gasteiger partial charge in [0.05, 0.1) is 0 Å². The predicted octanol–water partition coefficient (Wildman–Crippen LogP) is -1.18. The van der Waals surface area contributed by atoms with Gasteiger partial charge in [0.2, 0.25) is 0 Å². The van der Waals surface area contributed by atoms with Crippen LogP contribution in [0.25, 0.3) is 0 Å². The molecule has 0 fully saturated rings. The summed E-state index contributed by atoms with van der Waals surface area (Å²) in [4.78, 5) is 9.14. The van der Waals surface area contributed by atoms with Gasteiger partial charge in [-0.25, -0.2) is 4.79 Å². The van der Waals surface area contributed by atoms with E-state index < -0.39 is 12.3 Å². The molecule has 0 saturated carbocycles. The first-order chi connectivity index (χ1) is 2.64. The third-order valence-electron chi connectivity index (χ3n) is 0.211. The summed E-state index contributed by atoms with van der Waals surface area (Å²) < 4.78 is 0. The molecule has 0 aliphatic carbocycles. The van der Waals surface area contributed by atoms with Crippen LogP contribution in [0.4, 0.5) is 0 Å². The van der Waals surface area contributed by atoms with Crippen molar-refractivity contribution in [2.24, 2.45) is 0 Å². The van der Waals surface area contributed by atoms with Gasteiger partial charge in [-0.05, 0) is 0 Å². The van der Waals surface area contributed by atoms with Gasteiger partial charge in [-0.1, -0.05) is 0 Å². The fourth-order valence-electron chi connectivity index (χ4n) is 0. The molecule has 0 bridgehead atoms. The van der Waals surface area contributed by atoms with Gasteiger partial charge in [0, 0.05) is 0 Å². The molecular formula is C2H3O4. The van der Waals surface area contributed by atoms with E-state index in [0.717, 1.165) is 0 Å². The molecule has 0 aliphatic rings. The van der Waals surface area contributed by atoms with E-state index in [9.17, 15) is 5.11 Å². The Bertz CT molecular complexity index is 56.6. The van der Waals surface area contributed by atoms with Gasteiger partial charge in [-0.3, -0.25) is 0 Å². The Labute approximate surface area is 33.6 Å². The van der Waals surface area contributed by atoms with Crippen LogP contribution in [0, 0.1) is 0 Å². The first kappa shape index (κ1) is 5.39. The molecule has 0 aliphatic heterocycles. The number of rotatable bonds is 1. The van der Waals surface area contributed by atoms with Crippen LogP contribution in [-0.2, 0) is 9.90 Å². The van der Waals surface area contributed by atoms with Gasteiger partial charge >= 0.3 is 5.97 Å². The van der Waals surface area contributed by atoms with Gasteiger partial charge in [-0.2, -0.15) is 5.11 Å². The Morgan fingerprint density at radius 1 is 1.67 bits per heavy atom. The van der Waals surface area contributed by atoms with Crippen molar-refractivity contribution in [1.82, 2.24) is 0 Å². The second-order valence-corrected chi connectivity index (χ2v) is 0.691. The minimum absolute atomic E-state index is 1.74. The maximum Gasteiger partial charge on any atom is 0.363 e. The molecule has 6 heavy (non-hydrogen) atoms. The molecule has 4 heteroatoms. The zero-order valence-corrected chi connectivity index (χ0v) is 2.79. The first-order valence-corrected chi connectivity index (χ1v) is 1.21. The zero-order valence-electron chi connectivity index (χ0n) is 2.79. The van der Waals surface area contributed by atoms with Crippen molar-refractivity contribution in [3.63, 3.8) is 0 Å². The van der Waals surface area contributed by atoms with Crippen molar-refractivity contribution in [3.05, 3.63) is 0 Å². The lowest BCUT2D eigenvalue weighted by Gasteiger charge is -1.84. The van der Waals surface area contributed by atoms with Crippen LogP contribution >= 0.6 is 0 Å². The molecule has 0 saturated heterocycles. The van der Waals surface area contributed by atoms with Gasteiger partial charge in [0.1, 0.15) is 0 Å². The molecule has 0 spiro atoms. The number of hydrogen-bond acceptors (Lipinski definition) is 2. The number of aliphatic carboxylic acids is 1. The lowest BCUT2D eigenvalue weighted by molar-refractivity contribution is -0.176. The molecule has 0 aromatic rings. The molecule has 2 N–H and O–H groups in total. The standard InChI is InChI=1S/C2H3O4/c3-1(4)2(5)6/h1,3H,(H,5,6). The number of hydrogen-bond donors (Lipinski definition) is 2. The van der Waals surface area contributed by atoms with Crippen LogP contribution in [0.3, 0.4) is 0 Å². The number of aliphatic hydroxyl groups is 1. The molecule has 1 radical (unpaired) electrons. The van der Waals surface area contributed by atoms with Crippen molar-refractivity contribution >= 4 is 5.97 Å². The van der Waals surface area contributed by atoms with Gasteiger partial charge in [0.15, 0.2) is 0 Å². The molecule has 0 rings (SSSR count). The Balaban J connectivity index is 3.26. The lowest BCUT2D eigenvalue weighted by atomic mass is 10.7. The van der Waals surface area contributed by atoms with E-state index >= 15 is 0 Å². The number of carbonyl (C=O) groups is 1. The van der Waals surface area contributed by atoms with Crippen LogP contribution in [0.1, 0.15) is 0 Å². The Morgan fingerprint density at radius 3 is 1.83 bits per heavy atom. The van der Waals surface area contributed by atoms with E-state index in [4.69, 9.17) is 15.0 Å². The van der Waals surface area contributed by atoms with Crippen LogP contribution in [0.2, 0.25) is 0 Å². The first-order valence-electron chi connectivity index (χ1n) is 1.21. The van der Waals surface area contributed by atoms with Gasteiger partial charge in [-0.15, -0.1) is 0 Å². The highest BCUT2D eigenvalue weighted by Crippen LogP contribution is 1.69. The zero-order chi connectivity index (χ0) is 5.15. The van der Waals surface area contributed by atoms with Crippen LogP contribution in [0.15, 0.2) is 0 Å². The van der Waals surface area contributed by atoms with E-state index in [2.05, 4.69) is 0 Å². The Kier molecular flexibility index (Phi) is 1.56. The second-order valence-electron chi connectivity index (χ2n) is 0.691. The normalized spacial score (nSPS) is 9.17. The number of carboxylic acid groups (broad SMARTS) is 1. The summed E-state index contributed by atoms with van der Waals surface area (Å²) in [6.45, 7) is 0. The van der Waals surface area contributed by atoms with Crippen molar-refractivity contribution in [1.29, 1.82) is 0 Å². The monoisotopic (exact) mass is 91.0 g/mol. The molecule has 0 aromatic heterocycles.